The Morgan fingerprint density at radius 1 is 1.59 bits per heavy atom. The van der Waals surface area contributed by atoms with E-state index >= 15 is 0 Å². The zero-order valence-corrected chi connectivity index (χ0v) is 10.2. The summed E-state index contributed by atoms with van der Waals surface area (Å²) < 4.78 is 5.39. The lowest BCUT2D eigenvalue weighted by Gasteiger charge is -2.09. The van der Waals surface area contributed by atoms with Gasteiger partial charge in [0.15, 0.2) is 0 Å². The van der Waals surface area contributed by atoms with E-state index in [1.165, 1.54) is 0 Å². The van der Waals surface area contributed by atoms with Gasteiger partial charge in [-0.25, -0.2) is 0 Å². The van der Waals surface area contributed by atoms with Crippen molar-refractivity contribution in [3.05, 3.63) is 23.8 Å². The minimum Gasteiger partial charge on any atom is -0.399 e. The average Bonchev–Trinajstić information content (AvgIpc) is 3.03. The fourth-order valence-electron chi connectivity index (χ4n) is 1.85. The number of benzene rings is 1. The van der Waals surface area contributed by atoms with Gasteiger partial charge in [0, 0.05) is 18.0 Å². The molecule has 0 aromatic heterocycles. The number of rotatable bonds is 4. The maximum absolute atomic E-state index is 11.9. The fraction of sp³-hybridized carbons (Fsp3) is 0.462. The molecule has 2 atom stereocenters. The first-order valence-electron chi connectivity index (χ1n) is 5.90. The Balaban J connectivity index is 1.97. The third kappa shape index (κ3) is 2.77. The minimum atomic E-state index is -0.00391. The van der Waals surface area contributed by atoms with Crippen LogP contribution in [0.4, 0.5) is 11.4 Å². The highest BCUT2D eigenvalue weighted by atomic mass is 16.5. The van der Waals surface area contributed by atoms with Crippen LogP contribution in [-0.4, -0.2) is 18.6 Å². The molecule has 1 aromatic carbocycles. The predicted octanol–water partition coefficient (Wildman–Crippen LogP) is 1.94. The SMILES string of the molecule is CCOC1CC1C(=O)Nc1cc(N)ccc1C. The number of nitrogens with one attached hydrogen (secondary N) is 1. The van der Waals surface area contributed by atoms with Crippen LogP contribution in [0.1, 0.15) is 18.9 Å². The van der Waals surface area contributed by atoms with Gasteiger partial charge in [0.05, 0.1) is 12.0 Å². The highest BCUT2D eigenvalue weighted by molar-refractivity contribution is 5.95. The van der Waals surface area contributed by atoms with E-state index in [1.807, 2.05) is 26.0 Å². The number of ether oxygens (including phenoxy) is 1. The summed E-state index contributed by atoms with van der Waals surface area (Å²) in [6.07, 6.45) is 0.919. The number of hydrogen-bond acceptors (Lipinski definition) is 3. The molecule has 0 radical (unpaired) electrons. The fourth-order valence-corrected chi connectivity index (χ4v) is 1.85. The van der Waals surface area contributed by atoms with Crippen molar-refractivity contribution < 1.29 is 9.53 Å². The normalized spacial score (nSPS) is 22.2. The first-order valence-corrected chi connectivity index (χ1v) is 5.90. The molecule has 3 N–H and O–H groups in total. The summed E-state index contributed by atoms with van der Waals surface area (Å²) in [6.45, 7) is 4.54. The monoisotopic (exact) mass is 234 g/mol. The summed E-state index contributed by atoms with van der Waals surface area (Å²) in [5.41, 5.74) is 8.15. The molecule has 4 heteroatoms. The zero-order chi connectivity index (χ0) is 12.4. The Morgan fingerprint density at radius 3 is 3.06 bits per heavy atom. The quantitative estimate of drug-likeness (QED) is 0.782. The minimum absolute atomic E-state index is 0.00391. The second-order valence-corrected chi connectivity index (χ2v) is 4.40. The molecule has 92 valence electrons. The van der Waals surface area contributed by atoms with Gasteiger partial charge in [-0.3, -0.25) is 4.79 Å². The number of amides is 1. The van der Waals surface area contributed by atoms with E-state index in [0.29, 0.717) is 12.3 Å². The molecular weight excluding hydrogens is 216 g/mol. The van der Waals surface area contributed by atoms with Gasteiger partial charge in [0.1, 0.15) is 0 Å². The number of nitrogen functional groups attached to an aromatic ring is 1. The van der Waals surface area contributed by atoms with Gasteiger partial charge in [-0.1, -0.05) is 6.07 Å². The molecule has 4 nitrogen and oxygen atoms in total. The molecule has 1 amide bonds. The van der Waals surface area contributed by atoms with Crippen LogP contribution in [-0.2, 0) is 9.53 Å². The van der Waals surface area contributed by atoms with E-state index < -0.39 is 0 Å². The Bertz CT molecular complexity index is 431. The first-order chi connectivity index (χ1) is 8.11. The van der Waals surface area contributed by atoms with Crippen molar-refractivity contribution in [1.29, 1.82) is 0 Å². The lowest BCUT2D eigenvalue weighted by Crippen LogP contribution is -2.17. The largest absolute Gasteiger partial charge is 0.399 e. The highest BCUT2D eigenvalue weighted by Gasteiger charge is 2.43. The average molecular weight is 234 g/mol. The van der Waals surface area contributed by atoms with Crippen molar-refractivity contribution in [3.63, 3.8) is 0 Å². The number of carbonyl (C=O) groups is 1. The van der Waals surface area contributed by atoms with Crippen LogP contribution in [0, 0.1) is 12.8 Å². The summed E-state index contributed by atoms with van der Waals surface area (Å²) in [5, 5.41) is 2.90. The van der Waals surface area contributed by atoms with Crippen molar-refractivity contribution in [2.45, 2.75) is 26.4 Å². The third-order valence-corrected chi connectivity index (χ3v) is 2.97. The molecule has 2 unspecified atom stereocenters. The third-order valence-electron chi connectivity index (χ3n) is 2.97. The van der Waals surface area contributed by atoms with Crippen molar-refractivity contribution in [1.82, 2.24) is 0 Å². The standard InChI is InChI=1S/C13H18N2O2/c1-3-17-12-7-10(12)13(16)15-11-6-9(14)5-4-8(11)2/h4-6,10,12H,3,7,14H2,1-2H3,(H,15,16). The van der Waals surface area contributed by atoms with Gasteiger partial charge in [0.25, 0.3) is 0 Å². The van der Waals surface area contributed by atoms with Gasteiger partial charge in [-0.15, -0.1) is 0 Å². The summed E-state index contributed by atoms with van der Waals surface area (Å²) in [6, 6.07) is 5.51. The van der Waals surface area contributed by atoms with Gasteiger partial charge < -0.3 is 15.8 Å². The molecule has 1 saturated carbocycles. The van der Waals surface area contributed by atoms with Crippen LogP contribution >= 0.6 is 0 Å². The van der Waals surface area contributed by atoms with E-state index in [4.69, 9.17) is 10.5 Å². The van der Waals surface area contributed by atoms with Crippen LogP contribution in [0.3, 0.4) is 0 Å². The molecule has 17 heavy (non-hydrogen) atoms. The number of anilines is 2. The van der Waals surface area contributed by atoms with Crippen LogP contribution in [0.5, 0.6) is 0 Å². The molecule has 1 aliphatic carbocycles. The highest BCUT2D eigenvalue weighted by Crippen LogP contribution is 2.35. The van der Waals surface area contributed by atoms with Gasteiger partial charge in [0.2, 0.25) is 5.91 Å². The summed E-state index contributed by atoms with van der Waals surface area (Å²) in [4.78, 5) is 11.9. The molecule has 0 aliphatic heterocycles. The van der Waals surface area contributed by atoms with Gasteiger partial charge in [-0.2, -0.15) is 0 Å². The summed E-state index contributed by atoms with van der Waals surface area (Å²) in [7, 11) is 0. The molecule has 0 heterocycles. The van der Waals surface area contributed by atoms with E-state index in [-0.39, 0.29) is 17.9 Å². The second-order valence-electron chi connectivity index (χ2n) is 4.40. The van der Waals surface area contributed by atoms with Crippen LogP contribution in [0.25, 0.3) is 0 Å². The van der Waals surface area contributed by atoms with E-state index in [0.717, 1.165) is 17.7 Å². The van der Waals surface area contributed by atoms with Gasteiger partial charge >= 0.3 is 0 Å². The number of aryl methyl sites for hydroxylation is 1. The van der Waals surface area contributed by atoms with Crippen LogP contribution in [0.15, 0.2) is 18.2 Å². The lowest BCUT2D eigenvalue weighted by molar-refractivity contribution is -0.118. The summed E-state index contributed by atoms with van der Waals surface area (Å²) >= 11 is 0. The van der Waals surface area contributed by atoms with Crippen molar-refractivity contribution in [2.75, 3.05) is 17.7 Å². The topological polar surface area (TPSA) is 64.3 Å². The molecule has 1 aliphatic rings. The molecule has 0 spiro atoms. The molecule has 0 bridgehead atoms. The van der Waals surface area contributed by atoms with E-state index in [2.05, 4.69) is 5.32 Å². The first kappa shape index (κ1) is 11.9. The number of carbonyl (C=O) groups excluding carboxylic acids is 1. The summed E-state index contributed by atoms with van der Waals surface area (Å²) in [5.74, 6) is 0.0212. The van der Waals surface area contributed by atoms with E-state index in [9.17, 15) is 4.79 Å². The van der Waals surface area contributed by atoms with Crippen molar-refractivity contribution >= 4 is 17.3 Å². The molecular formula is C13H18N2O2. The molecule has 1 aromatic rings. The molecule has 0 saturated heterocycles. The Morgan fingerprint density at radius 2 is 2.35 bits per heavy atom. The smallest absolute Gasteiger partial charge is 0.230 e. The Kier molecular flexibility index (Phi) is 3.33. The predicted molar refractivity (Wildman–Crippen MR) is 67.7 cm³/mol. The van der Waals surface area contributed by atoms with E-state index in [1.54, 1.807) is 6.07 Å². The van der Waals surface area contributed by atoms with Crippen molar-refractivity contribution in [2.24, 2.45) is 5.92 Å². The Hall–Kier alpha value is -1.55. The second kappa shape index (κ2) is 4.75. The zero-order valence-electron chi connectivity index (χ0n) is 10.2. The van der Waals surface area contributed by atoms with Crippen LogP contribution in [0.2, 0.25) is 0 Å². The maximum Gasteiger partial charge on any atom is 0.230 e. The lowest BCUT2D eigenvalue weighted by atomic mass is 10.2. The number of hydrogen-bond donors (Lipinski definition) is 2. The Labute approximate surface area is 101 Å². The molecule has 2 rings (SSSR count). The van der Waals surface area contributed by atoms with Gasteiger partial charge in [-0.05, 0) is 38.0 Å². The van der Waals surface area contributed by atoms with Crippen molar-refractivity contribution in [3.8, 4) is 0 Å². The number of nitrogens with two attached hydrogens (primary N) is 1. The molecule has 1 fully saturated rings. The van der Waals surface area contributed by atoms with Crippen LogP contribution < -0.4 is 11.1 Å². The maximum atomic E-state index is 11.9.